The van der Waals surface area contributed by atoms with Gasteiger partial charge in [0.2, 0.25) is 0 Å². The number of hydrogen-bond acceptors (Lipinski definition) is 4. The Kier molecular flexibility index (Phi) is 4.16. The summed E-state index contributed by atoms with van der Waals surface area (Å²) in [5.41, 5.74) is 7.31. The predicted octanol–water partition coefficient (Wildman–Crippen LogP) is 1.39. The molecule has 0 amide bonds. The SMILES string of the molecule is CCc1ccc(C(C)Nc2c(N)n(C)c(=O)[nH]c2=O)cc1. The highest BCUT2D eigenvalue weighted by Gasteiger charge is 2.13. The number of H-pyrrole nitrogens is 1. The van der Waals surface area contributed by atoms with Crippen molar-refractivity contribution >= 4 is 11.5 Å². The van der Waals surface area contributed by atoms with E-state index < -0.39 is 11.2 Å². The highest BCUT2D eigenvalue weighted by Crippen LogP contribution is 2.20. The number of nitrogen functional groups attached to an aromatic ring is 1. The van der Waals surface area contributed by atoms with Gasteiger partial charge >= 0.3 is 5.69 Å². The second-order valence-electron chi connectivity index (χ2n) is 5.04. The molecule has 6 nitrogen and oxygen atoms in total. The van der Waals surface area contributed by atoms with Crippen molar-refractivity contribution in [2.24, 2.45) is 7.05 Å². The number of aromatic nitrogens is 2. The van der Waals surface area contributed by atoms with E-state index in [0.29, 0.717) is 0 Å². The molecule has 1 heterocycles. The highest BCUT2D eigenvalue weighted by atomic mass is 16.2. The topological polar surface area (TPSA) is 92.9 Å². The molecule has 1 aromatic heterocycles. The van der Waals surface area contributed by atoms with Crippen LogP contribution in [0.4, 0.5) is 11.5 Å². The Morgan fingerprint density at radius 1 is 1.29 bits per heavy atom. The van der Waals surface area contributed by atoms with Gasteiger partial charge in [0.25, 0.3) is 5.56 Å². The molecule has 112 valence electrons. The van der Waals surface area contributed by atoms with E-state index in [9.17, 15) is 9.59 Å². The van der Waals surface area contributed by atoms with Crippen molar-refractivity contribution in [1.29, 1.82) is 0 Å². The van der Waals surface area contributed by atoms with E-state index in [1.807, 2.05) is 19.1 Å². The van der Waals surface area contributed by atoms with Crippen molar-refractivity contribution in [1.82, 2.24) is 9.55 Å². The highest BCUT2D eigenvalue weighted by molar-refractivity contribution is 5.61. The van der Waals surface area contributed by atoms with Crippen LogP contribution in [-0.4, -0.2) is 9.55 Å². The first-order valence-electron chi connectivity index (χ1n) is 6.88. The van der Waals surface area contributed by atoms with Crippen molar-refractivity contribution in [2.75, 3.05) is 11.1 Å². The number of aromatic amines is 1. The Bertz CT molecular complexity index is 744. The first-order chi connectivity index (χ1) is 9.93. The number of aryl methyl sites for hydroxylation is 1. The first-order valence-corrected chi connectivity index (χ1v) is 6.88. The first kappa shape index (κ1) is 14.9. The molecule has 0 spiro atoms. The Balaban J connectivity index is 2.31. The van der Waals surface area contributed by atoms with Gasteiger partial charge in [0, 0.05) is 13.1 Å². The largest absolute Gasteiger partial charge is 0.383 e. The summed E-state index contributed by atoms with van der Waals surface area (Å²) in [6, 6.07) is 8.05. The molecule has 0 aliphatic rings. The van der Waals surface area contributed by atoms with E-state index >= 15 is 0 Å². The summed E-state index contributed by atoms with van der Waals surface area (Å²) in [6.07, 6.45) is 0.982. The van der Waals surface area contributed by atoms with Gasteiger partial charge in [-0.2, -0.15) is 0 Å². The molecule has 2 rings (SSSR count). The van der Waals surface area contributed by atoms with Gasteiger partial charge in [0.05, 0.1) is 0 Å². The lowest BCUT2D eigenvalue weighted by atomic mass is 10.0. The fraction of sp³-hybridized carbons (Fsp3) is 0.333. The third-order valence-corrected chi connectivity index (χ3v) is 3.62. The molecule has 2 aromatic rings. The number of benzene rings is 1. The minimum Gasteiger partial charge on any atom is -0.383 e. The van der Waals surface area contributed by atoms with Crippen LogP contribution in [0.5, 0.6) is 0 Å². The van der Waals surface area contributed by atoms with Crippen molar-refractivity contribution in [3.8, 4) is 0 Å². The normalized spacial score (nSPS) is 12.1. The van der Waals surface area contributed by atoms with Crippen molar-refractivity contribution in [3.63, 3.8) is 0 Å². The Morgan fingerprint density at radius 2 is 1.90 bits per heavy atom. The van der Waals surface area contributed by atoms with E-state index in [-0.39, 0.29) is 17.5 Å². The van der Waals surface area contributed by atoms with Crippen LogP contribution in [0.15, 0.2) is 33.9 Å². The molecule has 21 heavy (non-hydrogen) atoms. The van der Waals surface area contributed by atoms with Gasteiger partial charge in [-0.1, -0.05) is 31.2 Å². The summed E-state index contributed by atoms with van der Waals surface area (Å²) in [4.78, 5) is 25.5. The summed E-state index contributed by atoms with van der Waals surface area (Å²) in [5, 5.41) is 3.07. The van der Waals surface area contributed by atoms with Gasteiger partial charge < -0.3 is 11.1 Å². The van der Waals surface area contributed by atoms with Crippen LogP contribution in [0.25, 0.3) is 0 Å². The van der Waals surface area contributed by atoms with Crippen molar-refractivity contribution < 1.29 is 0 Å². The minimum absolute atomic E-state index is 0.100. The number of rotatable bonds is 4. The van der Waals surface area contributed by atoms with Gasteiger partial charge in [-0.05, 0) is 24.5 Å². The molecular weight excluding hydrogens is 268 g/mol. The van der Waals surface area contributed by atoms with E-state index in [1.54, 1.807) is 0 Å². The molecule has 1 atom stereocenters. The third-order valence-electron chi connectivity index (χ3n) is 3.62. The second kappa shape index (κ2) is 5.87. The maximum absolute atomic E-state index is 11.9. The molecule has 0 aliphatic heterocycles. The molecule has 4 N–H and O–H groups in total. The Labute approximate surface area is 122 Å². The quantitative estimate of drug-likeness (QED) is 0.792. The van der Waals surface area contributed by atoms with Gasteiger partial charge in [-0.25, -0.2) is 4.79 Å². The van der Waals surface area contributed by atoms with Gasteiger partial charge in [0.1, 0.15) is 11.5 Å². The Morgan fingerprint density at radius 3 is 2.48 bits per heavy atom. The summed E-state index contributed by atoms with van der Waals surface area (Å²) < 4.78 is 1.20. The molecular formula is C15H20N4O2. The summed E-state index contributed by atoms with van der Waals surface area (Å²) in [7, 11) is 1.51. The average molecular weight is 288 g/mol. The van der Waals surface area contributed by atoms with E-state index in [0.717, 1.165) is 12.0 Å². The Hall–Kier alpha value is -2.50. The maximum atomic E-state index is 11.9. The molecule has 0 radical (unpaired) electrons. The van der Waals surface area contributed by atoms with Crippen molar-refractivity contribution in [3.05, 3.63) is 56.2 Å². The van der Waals surface area contributed by atoms with Crippen LogP contribution in [-0.2, 0) is 13.5 Å². The van der Waals surface area contributed by atoms with Crippen molar-refractivity contribution in [2.45, 2.75) is 26.3 Å². The average Bonchev–Trinajstić information content (AvgIpc) is 2.49. The lowest BCUT2D eigenvalue weighted by molar-refractivity contribution is 0.801. The van der Waals surface area contributed by atoms with Crippen LogP contribution in [0.2, 0.25) is 0 Å². The predicted molar refractivity (Wildman–Crippen MR) is 84.6 cm³/mol. The smallest absolute Gasteiger partial charge is 0.329 e. The molecule has 0 bridgehead atoms. The molecule has 1 aromatic carbocycles. The number of anilines is 2. The lowest BCUT2D eigenvalue weighted by Gasteiger charge is -2.17. The zero-order chi connectivity index (χ0) is 15.6. The summed E-state index contributed by atoms with van der Waals surface area (Å²) >= 11 is 0. The van der Waals surface area contributed by atoms with Gasteiger partial charge in [0.15, 0.2) is 0 Å². The zero-order valence-electron chi connectivity index (χ0n) is 12.4. The van der Waals surface area contributed by atoms with Crippen LogP contribution >= 0.6 is 0 Å². The molecule has 1 unspecified atom stereocenters. The monoisotopic (exact) mass is 288 g/mol. The maximum Gasteiger partial charge on any atom is 0.329 e. The number of nitrogens with two attached hydrogens (primary N) is 1. The molecule has 6 heteroatoms. The minimum atomic E-state index is -0.525. The fourth-order valence-electron chi connectivity index (χ4n) is 2.12. The zero-order valence-corrected chi connectivity index (χ0v) is 12.4. The van der Waals surface area contributed by atoms with E-state index in [2.05, 4.69) is 29.4 Å². The van der Waals surface area contributed by atoms with Crippen LogP contribution < -0.4 is 22.3 Å². The van der Waals surface area contributed by atoms with E-state index in [4.69, 9.17) is 5.73 Å². The molecule has 0 fully saturated rings. The summed E-state index contributed by atoms with van der Waals surface area (Å²) in [5.74, 6) is 0.126. The molecule has 0 saturated carbocycles. The van der Waals surface area contributed by atoms with Gasteiger partial charge in [-0.3, -0.25) is 14.3 Å². The number of hydrogen-bond donors (Lipinski definition) is 3. The fourth-order valence-corrected chi connectivity index (χ4v) is 2.12. The molecule has 0 aliphatic carbocycles. The van der Waals surface area contributed by atoms with E-state index in [1.165, 1.54) is 17.2 Å². The van der Waals surface area contributed by atoms with Gasteiger partial charge in [-0.15, -0.1) is 0 Å². The lowest BCUT2D eigenvalue weighted by Crippen LogP contribution is -2.32. The second-order valence-corrected chi connectivity index (χ2v) is 5.04. The van der Waals surface area contributed by atoms with Crippen LogP contribution in [0.1, 0.15) is 31.0 Å². The van der Waals surface area contributed by atoms with Crippen LogP contribution in [0, 0.1) is 0 Å². The third kappa shape index (κ3) is 2.99. The number of nitrogens with one attached hydrogen (secondary N) is 2. The summed E-state index contributed by atoms with van der Waals surface area (Å²) in [6.45, 7) is 4.03. The molecule has 0 saturated heterocycles. The standard InChI is InChI=1S/C15H20N4O2/c1-4-10-5-7-11(8-6-10)9(2)17-12-13(16)19(3)15(21)18-14(12)20/h5-9,17H,4,16H2,1-3H3,(H,18,20,21). The van der Waals surface area contributed by atoms with Crippen LogP contribution in [0.3, 0.4) is 0 Å². The number of nitrogens with zero attached hydrogens (tertiary/aromatic N) is 1.